The summed E-state index contributed by atoms with van der Waals surface area (Å²) in [5.74, 6) is 0.256. The fourth-order valence-electron chi connectivity index (χ4n) is 3.79. The van der Waals surface area contributed by atoms with E-state index in [0.717, 1.165) is 50.8 Å². The second-order valence-electron chi connectivity index (χ2n) is 6.21. The number of aliphatic hydroxyl groups excluding tert-OH is 1. The lowest BCUT2D eigenvalue weighted by molar-refractivity contribution is 0.0561. The van der Waals surface area contributed by atoms with E-state index >= 15 is 0 Å². The summed E-state index contributed by atoms with van der Waals surface area (Å²) >= 11 is 0. The highest BCUT2D eigenvalue weighted by Crippen LogP contribution is 2.35. The molecule has 2 amide bonds. The minimum atomic E-state index is -0.236. The number of benzene rings is 1. The fourth-order valence-corrected chi connectivity index (χ4v) is 3.79. The maximum atomic E-state index is 12.6. The zero-order valence-electron chi connectivity index (χ0n) is 12.4. The van der Waals surface area contributed by atoms with E-state index in [1.54, 1.807) is 0 Å². The first-order valence-electron chi connectivity index (χ1n) is 8.06. The molecule has 21 heavy (non-hydrogen) atoms. The van der Waals surface area contributed by atoms with Crippen molar-refractivity contribution in [3.05, 3.63) is 30.3 Å². The Morgan fingerprint density at radius 3 is 2.62 bits per heavy atom. The molecule has 0 spiro atoms. The molecular formula is C17H24N2O2. The summed E-state index contributed by atoms with van der Waals surface area (Å²) < 4.78 is 0. The molecule has 1 saturated heterocycles. The van der Waals surface area contributed by atoms with Crippen molar-refractivity contribution < 1.29 is 9.90 Å². The fraction of sp³-hybridized carbons (Fsp3) is 0.588. The van der Waals surface area contributed by atoms with E-state index in [9.17, 15) is 9.90 Å². The molecule has 3 unspecified atom stereocenters. The number of piperidine rings is 1. The summed E-state index contributed by atoms with van der Waals surface area (Å²) in [4.78, 5) is 14.5. The molecule has 1 heterocycles. The second-order valence-corrected chi connectivity index (χ2v) is 6.21. The van der Waals surface area contributed by atoms with Crippen molar-refractivity contribution in [2.24, 2.45) is 5.92 Å². The van der Waals surface area contributed by atoms with Gasteiger partial charge in [-0.25, -0.2) is 4.79 Å². The van der Waals surface area contributed by atoms with E-state index in [2.05, 4.69) is 5.32 Å². The Morgan fingerprint density at radius 2 is 1.90 bits per heavy atom. The van der Waals surface area contributed by atoms with Crippen LogP contribution in [0.25, 0.3) is 0 Å². The molecule has 3 atom stereocenters. The van der Waals surface area contributed by atoms with Crippen molar-refractivity contribution in [1.29, 1.82) is 0 Å². The summed E-state index contributed by atoms with van der Waals surface area (Å²) in [6, 6.07) is 9.76. The molecule has 2 aliphatic rings. The van der Waals surface area contributed by atoms with Gasteiger partial charge in [0.1, 0.15) is 0 Å². The van der Waals surface area contributed by atoms with Gasteiger partial charge in [0.25, 0.3) is 0 Å². The van der Waals surface area contributed by atoms with Crippen LogP contribution in [0.3, 0.4) is 0 Å². The number of nitrogens with one attached hydrogen (secondary N) is 1. The Hall–Kier alpha value is -1.55. The number of hydrogen-bond acceptors (Lipinski definition) is 2. The zero-order valence-corrected chi connectivity index (χ0v) is 12.4. The molecule has 1 aliphatic heterocycles. The second kappa shape index (κ2) is 6.48. The molecule has 3 rings (SSSR count). The number of anilines is 1. The van der Waals surface area contributed by atoms with Gasteiger partial charge >= 0.3 is 6.03 Å². The molecule has 0 bridgehead atoms. The third-order valence-electron chi connectivity index (χ3n) is 4.86. The van der Waals surface area contributed by atoms with Crippen LogP contribution >= 0.6 is 0 Å². The SMILES string of the molecule is O=C(Nc1ccccc1)N1CCCCC1C1CCCC1O. The molecule has 2 N–H and O–H groups in total. The monoisotopic (exact) mass is 288 g/mol. The summed E-state index contributed by atoms with van der Waals surface area (Å²) in [5, 5.41) is 13.2. The standard InChI is InChI=1S/C17H24N2O2/c20-16-11-6-9-14(16)15-10-4-5-12-19(15)17(21)18-13-7-2-1-3-8-13/h1-3,7-8,14-16,20H,4-6,9-12H2,(H,18,21). The molecule has 1 aromatic carbocycles. The predicted molar refractivity (Wildman–Crippen MR) is 83.2 cm³/mol. The van der Waals surface area contributed by atoms with Crippen LogP contribution in [0.5, 0.6) is 0 Å². The number of carbonyl (C=O) groups excluding carboxylic acids is 1. The van der Waals surface area contributed by atoms with Gasteiger partial charge in [0, 0.05) is 24.2 Å². The van der Waals surface area contributed by atoms with E-state index in [4.69, 9.17) is 0 Å². The topological polar surface area (TPSA) is 52.6 Å². The van der Waals surface area contributed by atoms with Crippen molar-refractivity contribution in [2.75, 3.05) is 11.9 Å². The Kier molecular flexibility index (Phi) is 4.44. The lowest BCUT2D eigenvalue weighted by atomic mass is 9.88. The van der Waals surface area contributed by atoms with Gasteiger partial charge < -0.3 is 15.3 Å². The zero-order chi connectivity index (χ0) is 14.7. The van der Waals surface area contributed by atoms with Crippen LogP contribution in [0, 0.1) is 5.92 Å². The van der Waals surface area contributed by atoms with Gasteiger partial charge in [-0.1, -0.05) is 24.6 Å². The predicted octanol–water partition coefficient (Wildman–Crippen LogP) is 3.23. The molecule has 4 nitrogen and oxygen atoms in total. The van der Waals surface area contributed by atoms with Crippen molar-refractivity contribution in [2.45, 2.75) is 50.7 Å². The maximum Gasteiger partial charge on any atom is 0.322 e. The quantitative estimate of drug-likeness (QED) is 0.878. The van der Waals surface area contributed by atoms with E-state index in [1.807, 2.05) is 35.2 Å². The normalized spacial score (nSPS) is 29.4. The smallest absolute Gasteiger partial charge is 0.322 e. The Morgan fingerprint density at radius 1 is 1.10 bits per heavy atom. The minimum absolute atomic E-state index is 0.0231. The van der Waals surface area contributed by atoms with Gasteiger partial charge in [0.2, 0.25) is 0 Å². The van der Waals surface area contributed by atoms with Crippen LogP contribution in [-0.2, 0) is 0 Å². The Balaban J connectivity index is 1.70. The molecule has 1 aromatic rings. The van der Waals surface area contributed by atoms with Gasteiger partial charge in [-0.2, -0.15) is 0 Å². The first kappa shape index (κ1) is 14.4. The lowest BCUT2D eigenvalue weighted by Crippen LogP contribution is -2.50. The van der Waals surface area contributed by atoms with Gasteiger partial charge in [0.15, 0.2) is 0 Å². The van der Waals surface area contributed by atoms with Crippen molar-refractivity contribution in [3.8, 4) is 0 Å². The summed E-state index contributed by atoms with van der Waals surface area (Å²) in [7, 11) is 0. The average molecular weight is 288 g/mol. The number of rotatable bonds is 2. The molecule has 0 aromatic heterocycles. The van der Waals surface area contributed by atoms with Crippen LogP contribution in [0.4, 0.5) is 10.5 Å². The van der Waals surface area contributed by atoms with E-state index in [0.29, 0.717) is 0 Å². The van der Waals surface area contributed by atoms with Gasteiger partial charge in [-0.15, -0.1) is 0 Å². The molecule has 4 heteroatoms. The van der Waals surface area contributed by atoms with Crippen molar-refractivity contribution in [3.63, 3.8) is 0 Å². The number of carbonyl (C=O) groups is 1. The Labute approximate surface area is 126 Å². The minimum Gasteiger partial charge on any atom is -0.393 e. The van der Waals surface area contributed by atoms with Gasteiger partial charge in [-0.3, -0.25) is 0 Å². The summed E-state index contributed by atoms with van der Waals surface area (Å²) in [6.45, 7) is 0.798. The number of likely N-dealkylation sites (tertiary alicyclic amines) is 1. The molecule has 1 saturated carbocycles. The molecule has 114 valence electrons. The summed E-state index contributed by atoms with van der Waals surface area (Å²) in [6.07, 6.45) is 6.00. The van der Waals surface area contributed by atoms with Crippen molar-refractivity contribution in [1.82, 2.24) is 4.90 Å². The average Bonchev–Trinajstić information content (AvgIpc) is 2.94. The van der Waals surface area contributed by atoms with Crippen molar-refractivity contribution >= 4 is 11.7 Å². The van der Waals surface area contributed by atoms with Crippen LogP contribution in [0.15, 0.2) is 30.3 Å². The Bertz CT molecular complexity index is 477. The van der Waals surface area contributed by atoms with Crippen LogP contribution in [0.1, 0.15) is 38.5 Å². The van der Waals surface area contributed by atoms with Gasteiger partial charge in [0.05, 0.1) is 6.10 Å². The van der Waals surface area contributed by atoms with Crippen LogP contribution < -0.4 is 5.32 Å². The lowest BCUT2D eigenvalue weighted by Gasteiger charge is -2.40. The first-order valence-corrected chi connectivity index (χ1v) is 8.06. The molecular weight excluding hydrogens is 264 g/mol. The van der Waals surface area contributed by atoms with E-state index in [1.165, 1.54) is 0 Å². The summed E-state index contributed by atoms with van der Waals surface area (Å²) in [5.41, 5.74) is 0.832. The number of hydrogen-bond donors (Lipinski definition) is 2. The third kappa shape index (κ3) is 3.21. The maximum absolute atomic E-state index is 12.6. The van der Waals surface area contributed by atoms with Crippen LogP contribution in [-0.4, -0.2) is 34.7 Å². The largest absolute Gasteiger partial charge is 0.393 e. The van der Waals surface area contributed by atoms with Gasteiger partial charge in [-0.05, 0) is 44.2 Å². The van der Waals surface area contributed by atoms with E-state index in [-0.39, 0.29) is 24.1 Å². The number of urea groups is 1. The highest BCUT2D eigenvalue weighted by molar-refractivity contribution is 5.89. The molecule has 2 fully saturated rings. The molecule has 1 aliphatic carbocycles. The highest BCUT2D eigenvalue weighted by atomic mass is 16.3. The van der Waals surface area contributed by atoms with E-state index < -0.39 is 0 Å². The number of amides is 2. The number of para-hydroxylation sites is 1. The highest BCUT2D eigenvalue weighted by Gasteiger charge is 2.38. The van der Waals surface area contributed by atoms with Crippen LogP contribution in [0.2, 0.25) is 0 Å². The number of nitrogens with zero attached hydrogens (tertiary/aromatic N) is 1. The molecule has 0 radical (unpaired) electrons. The third-order valence-corrected chi connectivity index (χ3v) is 4.86. The number of aliphatic hydroxyl groups is 1. The first-order chi connectivity index (χ1) is 10.3.